The van der Waals surface area contributed by atoms with Gasteiger partial charge in [0.15, 0.2) is 0 Å². The van der Waals surface area contributed by atoms with Crippen LogP contribution in [0.25, 0.3) is 21.9 Å². The number of carboxylic acids is 1. The van der Waals surface area contributed by atoms with Crippen LogP contribution in [0.1, 0.15) is 60.0 Å². The number of amides is 1. The van der Waals surface area contributed by atoms with Crippen LogP contribution < -0.4 is 0 Å². The summed E-state index contributed by atoms with van der Waals surface area (Å²) in [4.78, 5) is 26.6. The van der Waals surface area contributed by atoms with E-state index < -0.39 is 5.97 Å². The second-order valence-corrected chi connectivity index (χ2v) is 9.71. The van der Waals surface area contributed by atoms with Crippen molar-refractivity contribution in [2.75, 3.05) is 6.54 Å². The molecule has 0 radical (unpaired) electrons. The van der Waals surface area contributed by atoms with Crippen LogP contribution in [0.15, 0.2) is 54.6 Å². The largest absolute Gasteiger partial charge is 0.478 e. The lowest BCUT2D eigenvalue weighted by atomic mass is 9.92. The maximum atomic E-state index is 13.1. The monoisotopic (exact) mass is 441 g/mol. The molecule has 170 valence electrons. The molecule has 5 rings (SSSR count). The molecular formula is C29H31NO3. The molecule has 4 heteroatoms. The third-order valence-corrected chi connectivity index (χ3v) is 7.56. The van der Waals surface area contributed by atoms with Crippen molar-refractivity contribution in [2.24, 2.45) is 5.92 Å². The molecule has 0 spiro atoms. The van der Waals surface area contributed by atoms with Crippen LogP contribution in [0.4, 0.5) is 0 Å². The highest BCUT2D eigenvalue weighted by Crippen LogP contribution is 2.33. The molecular weight excluding hydrogens is 410 g/mol. The zero-order valence-electron chi connectivity index (χ0n) is 19.2. The van der Waals surface area contributed by atoms with Crippen molar-refractivity contribution in [3.63, 3.8) is 0 Å². The summed E-state index contributed by atoms with van der Waals surface area (Å²) >= 11 is 0. The molecule has 0 bridgehead atoms. The maximum absolute atomic E-state index is 13.1. The van der Waals surface area contributed by atoms with Gasteiger partial charge in [-0.1, -0.05) is 67.8 Å². The summed E-state index contributed by atoms with van der Waals surface area (Å²) in [6.45, 7) is 2.75. The van der Waals surface area contributed by atoms with Gasteiger partial charge in [0.05, 0.1) is 5.56 Å². The van der Waals surface area contributed by atoms with Gasteiger partial charge in [-0.15, -0.1) is 0 Å². The number of rotatable bonds is 5. The van der Waals surface area contributed by atoms with Gasteiger partial charge in [-0.05, 0) is 71.7 Å². The SMILES string of the molecule is Cc1cc(-c2cccc3cc(CC4CCN(C5CCCCC5)C4=O)ccc23)ccc1C(=O)O. The van der Waals surface area contributed by atoms with E-state index in [9.17, 15) is 14.7 Å². The van der Waals surface area contributed by atoms with E-state index in [4.69, 9.17) is 0 Å². The van der Waals surface area contributed by atoms with E-state index >= 15 is 0 Å². The number of aryl methyl sites for hydroxylation is 1. The lowest BCUT2D eigenvalue weighted by Crippen LogP contribution is -2.39. The molecule has 1 aliphatic carbocycles. The number of likely N-dealkylation sites (tertiary alicyclic amines) is 1. The Hall–Kier alpha value is -3.14. The number of benzene rings is 3. The summed E-state index contributed by atoms with van der Waals surface area (Å²) < 4.78 is 0. The first-order valence-corrected chi connectivity index (χ1v) is 12.2. The number of carboxylic acid groups (broad SMARTS) is 1. The quantitative estimate of drug-likeness (QED) is 0.510. The van der Waals surface area contributed by atoms with Crippen LogP contribution in [0.2, 0.25) is 0 Å². The molecule has 0 aromatic heterocycles. The fraction of sp³-hybridized carbons (Fsp3) is 0.379. The number of fused-ring (bicyclic) bond motifs is 1. The summed E-state index contributed by atoms with van der Waals surface area (Å²) in [6.07, 6.45) is 7.92. The van der Waals surface area contributed by atoms with Crippen molar-refractivity contribution < 1.29 is 14.7 Å². The van der Waals surface area contributed by atoms with Gasteiger partial charge in [0, 0.05) is 18.5 Å². The molecule has 1 aliphatic heterocycles. The van der Waals surface area contributed by atoms with E-state index in [-0.39, 0.29) is 5.92 Å². The summed E-state index contributed by atoms with van der Waals surface area (Å²) in [6, 6.07) is 18.8. The van der Waals surface area contributed by atoms with Crippen molar-refractivity contribution in [3.8, 4) is 11.1 Å². The average molecular weight is 442 g/mol. The second-order valence-electron chi connectivity index (χ2n) is 9.71. The molecule has 1 saturated heterocycles. The van der Waals surface area contributed by atoms with Gasteiger partial charge in [-0.3, -0.25) is 4.79 Å². The molecule has 2 fully saturated rings. The van der Waals surface area contributed by atoms with Crippen LogP contribution in [0, 0.1) is 12.8 Å². The Labute approximate surface area is 195 Å². The molecule has 3 aromatic rings. The summed E-state index contributed by atoms with van der Waals surface area (Å²) in [7, 11) is 0. The normalized spacial score (nSPS) is 19.4. The van der Waals surface area contributed by atoms with E-state index in [0.29, 0.717) is 17.5 Å². The number of nitrogens with zero attached hydrogens (tertiary/aromatic N) is 1. The molecule has 1 unspecified atom stereocenters. The Balaban J connectivity index is 1.37. The van der Waals surface area contributed by atoms with Crippen molar-refractivity contribution in [1.82, 2.24) is 4.90 Å². The molecule has 2 aliphatic rings. The van der Waals surface area contributed by atoms with Crippen LogP contribution in [0.3, 0.4) is 0 Å². The van der Waals surface area contributed by atoms with Gasteiger partial charge in [0.2, 0.25) is 5.91 Å². The van der Waals surface area contributed by atoms with E-state index in [2.05, 4.69) is 35.2 Å². The van der Waals surface area contributed by atoms with E-state index in [1.807, 2.05) is 25.1 Å². The topological polar surface area (TPSA) is 57.6 Å². The number of hydrogen-bond acceptors (Lipinski definition) is 2. The zero-order valence-corrected chi connectivity index (χ0v) is 19.2. The van der Waals surface area contributed by atoms with E-state index in [1.165, 1.54) is 37.7 Å². The molecule has 4 nitrogen and oxygen atoms in total. The minimum absolute atomic E-state index is 0.0961. The highest BCUT2D eigenvalue weighted by molar-refractivity contribution is 5.98. The van der Waals surface area contributed by atoms with Crippen LogP contribution in [-0.4, -0.2) is 34.5 Å². The minimum atomic E-state index is -0.898. The fourth-order valence-corrected chi connectivity index (χ4v) is 5.78. The van der Waals surface area contributed by atoms with Gasteiger partial charge in [0.25, 0.3) is 0 Å². The molecule has 1 atom stereocenters. The fourth-order valence-electron chi connectivity index (χ4n) is 5.78. The predicted molar refractivity (Wildman–Crippen MR) is 131 cm³/mol. The summed E-state index contributed by atoms with van der Waals surface area (Å²) in [5.74, 6) is -0.450. The first-order valence-electron chi connectivity index (χ1n) is 12.2. The third-order valence-electron chi connectivity index (χ3n) is 7.56. The number of carbonyl (C=O) groups is 2. The van der Waals surface area contributed by atoms with E-state index in [0.717, 1.165) is 46.8 Å². The summed E-state index contributed by atoms with van der Waals surface area (Å²) in [5, 5.41) is 11.6. The van der Waals surface area contributed by atoms with Crippen molar-refractivity contribution in [2.45, 2.75) is 57.9 Å². The molecule has 1 saturated carbocycles. The third kappa shape index (κ3) is 4.27. The highest BCUT2D eigenvalue weighted by Gasteiger charge is 2.36. The van der Waals surface area contributed by atoms with Crippen LogP contribution in [-0.2, 0) is 11.2 Å². The van der Waals surface area contributed by atoms with Crippen LogP contribution in [0.5, 0.6) is 0 Å². The molecule has 3 aromatic carbocycles. The second kappa shape index (κ2) is 9.01. The summed E-state index contributed by atoms with van der Waals surface area (Å²) in [5.41, 5.74) is 4.42. The van der Waals surface area contributed by atoms with Gasteiger partial charge in [-0.25, -0.2) is 4.79 Å². The van der Waals surface area contributed by atoms with Gasteiger partial charge >= 0.3 is 5.97 Å². The van der Waals surface area contributed by atoms with Crippen LogP contribution >= 0.6 is 0 Å². The molecule has 1 heterocycles. The van der Waals surface area contributed by atoms with Gasteiger partial charge < -0.3 is 10.0 Å². The number of hydrogen-bond donors (Lipinski definition) is 1. The Morgan fingerprint density at radius 3 is 2.58 bits per heavy atom. The Morgan fingerprint density at radius 2 is 1.82 bits per heavy atom. The van der Waals surface area contributed by atoms with Gasteiger partial charge in [-0.2, -0.15) is 0 Å². The molecule has 33 heavy (non-hydrogen) atoms. The van der Waals surface area contributed by atoms with E-state index in [1.54, 1.807) is 6.07 Å². The lowest BCUT2D eigenvalue weighted by Gasteiger charge is -2.31. The number of aromatic carboxylic acids is 1. The molecule has 1 amide bonds. The maximum Gasteiger partial charge on any atom is 0.335 e. The first kappa shape index (κ1) is 21.7. The smallest absolute Gasteiger partial charge is 0.335 e. The first-order chi connectivity index (χ1) is 16.0. The van der Waals surface area contributed by atoms with Crippen molar-refractivity contribution >= 4 is 22.6 Å². The zero-order chi connectivity index (χ0) is 22.9. The van der Waals surface area contributed by atoms with Crippen molar-refractivity contribution in [1.29, 1.82) is 0 Å². The Morgan fingerprint density at radius 1 is 1.00 bits per heavy atom. The number of carbonyl (C=O) groups excluding carboxylic acids is 1. The highest BCUT2D eigenvalue weighted by atomic mass is 16.4. The molecule has 1 N–H and O–H groups in total. The standard InChI is InChI=1S/C29H31NO3/c1-19-16-22(11-13-25(19)29(32)33)26-9-5-6-21-17-20(10-12-27(21)26)18-23-14-15-30(28(23)31)24-7-3-2-4-8-24/h5-6,9-13,16-17,23-24H,2-4,7-8,14-15,18H2,1H3,(H,32,33). The Bertz CT molecular complexity index is 1210. The lowest BCUT2D eigenvalue weighted by molar-refractivity contribution is -0.133. The minimum Gasteiger partial charge on any atom is -0.478 e. The average Bonchev–Trinajstić information content (AvgIpc) is 3.18. The predicted octanol–water partition coefficient (Wildman–Crippen LogP) is 6.24. The van der Waals surface area contributed by atoms with Gasteiger partial charge in [0.1, 0.15) is 0 Å². The Kier molecular flexibility index (Phi) is 5.92. The van der Waals surface area contributed by atoms with Crippen molar-refractivity contribution in [3.05, 3.63) is 71.3 Å².